The topological polar surface area (TPSA) is 114 Å². The normalized spacial score (nSPS) is 14.8. The fourth-order valence-corrected chi connectivity index (χ4v) is 5.84. The third-order valence-electron chi connectivity index (χ3n) is 6.56. The summed E-state index contributed by atoms with van der Waals surface area (Å²) in [5.74, 6) is 1.50. The zero-order valence-electron chi connectivity index (χ0n) is 22.9. The lowest BCUT2D eigenvalue weighted by molar-refractivity contribution is -0.115. The van der Waals surface area contributed by atoms with Crippen LogP contribution in [-0.4, -0.2) is 40.7 Å². The number of aromatic nitrogens is 3. The standard InChI is InChI=1S/C30H25ClN6O4S/c1-17-14-26(39)41-24-15-22(12-13-23(17)24)40-30-34-28(33-29(35-30)36(2)3)32-20-8-10-21(11-9-20)37-25(38)16-42-27(37)18-4-6-19(31)7-5-18/h4-15,27H,16H2,1-3H3,(H,32,33,34,35). The van der Waals surface area contributed by atoms with Crippen molar-refractivity contribution in [3.8, 4) is 11.8 Å². The minimum atomic E-state index is -0.432. The summed E-state index contributed by atoms with van der Waals surface area (Å²) in [5, 5.41) is 4.53. The van der Waals surface area contributed by atoms with E-state index in [1.165, 1.54) is 6.07 Å². The van der Waals surface area contributed by atoms with Crippen molar-refractivity contribution in [3.05, 3.63) is 99.4 Å². The van der Waals surface area contributed by atoms with Gasteiger partial charge in [0.2, 0.25) is 17.8 Å². The lowest BCUT2D eigenvalue weighted by Crippen LogP contribution is -2.27. The Bertz CT molecular complexity index is 1850. The van der Waals surface area contributed by atoms with Gasteiger partial charge in [0.15, 0.2) is 0 Å². The number of aryl methyl sites for hydroxylation is 1. The van der Waals surface area contributed by atoms with Gasteiger partial charge in [0.05, 0.1) is 5.75 Å². The van der Waals surface area contributed by atoms with Gasteiger partial charge < -0.3 is 19.4 Å². The number of ether oxygens (including phenoxy) is 1. The number of halogens is 1. The average Bonchev–Trinajstić information content (AvgIpc) is 3.34. The molecule has 12 heteroatoms. The fourth-order valence-electron chi connectivity index (χ4n) is 4.53. The maximum atomic E-state index is 12.8. The van der Waals surface area contributed by atoms with Crippen molar-refractivity contribution in [1.29, 1.82) is 0 Å². The maximum Gasteiger partial charge on any atom is 0.336 e. The maximum absolute atomic E-state index is 12.8. The smallest absolute Gasteiger partial charge is 0.336 e. The van der Waals surface area contributed by atoms with Gasteiger partial charge in [0.25, 0.3) is 0 Å². The number of nitrogens with one attached hydrogen (secondary N) is 1. The molecule has 0 aliphatic carbocycles. The van der Waals surface area contributed by atoms with Crippen LogP contribution in [0.1, 0.15) is 16.5 Å². The average molecular weight is 601 g/mol. The summed E-state index contributed by atoms with van der Waals surface area (Å²) in [6.45, 7) is 1.85. The van der Waals surface area contributed by atoms with E-state index in [1.54, 1.807) is 33.7 Å². The quantitative estimate of drug-likeness (QED) is 0.213. The molecule has 10 nitrogen and oxygen atoms in total. The first kappa shape index (κ1) is 27.6. The number of anilines is 4. The lowest BCUT2D eigenvalue weighted by Gasteiger charge is -2.24. The van der Waals surface area contributed by atoms with Gasteiger partial charge in [0, 0.05) is 48.0 Å². The molecule has 1 unspecified atom stereocenters. The van der Waals surface area contributed by atoms with E-state index >= 15 is 0 Å². The van der Waals surface area contributed by atoms with E-state index in [2.05, 4.69) is 20.3 Å². The van der Waals surface area contributed by atoms with Crippen LogP contribution in [0, 0.1) is 6.92 Å². The molecule has 5 aromatic rings. The van der Waals surface area contributed by atoms with Crippen LogP contribution in [-0.2, 0) is 4.79 Å². The molecule has 2 aromatic heterocycles. The summed E-state index contributed by atoms with van der Waals surface area (Å²) in [4.78, 5) is 41.5. The first-order chi connectivity index (χ1) is 20.2. The first-order valence-corrected chi connectivity index (χ1v) is 14.4. The van der Waals surface area contributed by atoms with Crippen molar-refractivity contribution in [3.63, 3.8) is 0 Å². The lowest BCUT2D eigenvalue weighted by atomic mass is 10.1. The van der Waals surface area contributed by atoms with Crippen LogP contribution in [0.3, 0.4) is 0 Å². The minimum Gasteiger partial charge on any atom is -0.424 e. The molecule has 6 rings (SSSR count). The second-order valence-corrected chi connectivity index (χ2v) is 11.3. The van der Waals surface area contributed by atoms with Gasteiger partial charge in [0.1, 0.15) is 16.7 Å². The molecule has 0 bridgehead atoms. The summed E-state index contributed by atoms with van der Waals surface area (Å²) < 4.78 is 11.3. The molecular weight excluding hydrogens is 576 g/mol. The Morgan fingerprint density at radius 3 is 2.50 bits per heavy atom. The molecule has 1 aliphatic rings. The molecule has 1 atom stereocenters. The van der Waals surface area contributed by atoms with Crippen LogP contribution in [0.4, 0.5) is 23.3 Å². The molecule has 3 aromatic carbocycles. The van der Waals surface area contributed by atoms with Crippen LogP contribution < -0.4 is 25.5 Å². The Hall–Kier alpha value is -4.61. The van der Waals surface area contributed by atoms with Crippen molar-refractivity contribution < 1.29 is 13.9 Å². The van der Waals surface area contributed by atoms with Crippen LogP contribution in [0.15, 0.2) is 82.0 Å². The van der Waals surface area contributed by atoms with Gasteiger partial charge in [-0.1, -0.05) is 23.7 Å². The SMILES string of the molecule is Cc1cc(=O)oc2cc(Oc3nc(Nc4ccc(N5C(=O)CSC5c5ccc(Cl)cc5)cc4)nc(N(C)C)n3)ccc12. The fraction of sp³-hybridized carbons (Fsp3) is 0.167. The van der Waals surface area contributed by atoms with Crippen LogP contribution in [0.5, 0.6) is 11.8 Å². The van der Waals surface area contributed by atoms with Gasteiger partial charge in [-0.3, -0.25) is 9.69 Å². The minimum absolute atomic E-state index is 0.0404. The van der Waals surface area contributed by atoms with E-state index < -0.39 is 5.63 Å². The predicted molar refractivity (Wildman–Crippen MR) is 165 cm³/mol. The van der Waals surface area contributed by atoms with E-state index in [0.29, 0.717) is 33.7 Å². The monoisotopic (exact) mass is 600 g/mol. The zero-order chi connectivity index (χ0) is 29.4. The molecule has 1 saturated heterocycles. The molecule has 42 heavy (non-hydrogen) atoms. The van der Waals surface area contributed by atoms with Crippen molar-refractivity contribution >= 4 is 63.5 Å². The van der Waals surface area contributed by atoms with Gasteiger partial charge >= 0.3 is 11.6 Å². The Morgan fingerprint density at radius 2 is 1.76 bits per heavy atom. The Balaban J connectivity index is 1.24. The highest BCUT2D eigenvalue weighted by molar-refractivity contribution is 8.00. The van der Waals surface area contributed by atoms with E-state index in [4.69, 9.17) is 20.8 Å². The second kappa shape index (κ2) is 11.3. The van der Waals surface area contributed by atoms with Crippen molar-refractivity contribution in [1.82, 2.24) is 15.0 Å². The van der Waals surface area contributed by atoms with Crippen LogP contribution in [0.2, 0.25) is 5.02 Å². The third-order valence-corrected chi connectivity index (χ3v) is 8.02. The number of carbonyl (C=O) groups excluding carboxylic acids is 1. The van der Waals surface area contributed by atoms with Crippen LogP contribution >= 0.6 is 23.4 Å². The largest absolute Gasteiger partial charge is 0.424 e. The molecular formula is C30H25ClN6O4S. The van der Waals surface area contributed by atoms with Gasteiger partial charge in [-0.25, -0.2) is 4.79 Å². The van der Waals surface area contributed by atoms with E-state index in [0.717, 1.165) is 22.2 Å². The Morgan fingerprint density at radius 1 is 1.00 bits per heavy atom. The number of fused-ring (bicyclic) bond motifs is 1. The third kappa shape index (κ3) is 5.74. The highest BCUT2D eigenvalue weighted by atomic mass is 35.5. The number of benzene rings is 3. The van der Waals surface area contributed by atoms with Gasteiger partial charge in [-0.15, -0.1) is 11.8 Å². The van der Waals surface area contributed by atoms with Crippen LogP contribution in [0.25, 0.3) is 11.0 Å². The number of hydrogen-bond donors (Lipinski definition) is 1. The molecule has 3 heterocycles. The first-order valence-electron chi connectivity index (χ1n) is 13.0. The number of rotatable bonds is 7. The highest BCUT2D eigenvalue weighted by Crippen LogP contribution is 2.42. The van der Waals surface area contributed by atoms with Crippen molar-refractivity contribution in [2.45, 2.75) is 12.3 Å². The highest BCUT2D eigenvalue weighted by Gasteiger charge is 2.34. The summed E-state index contributed by atoms with van der Waals surface area (Å²) >= 11 is 7.64. The number of nitrogens with zero attached hydrogens (tertiary/aromatic N) is 5. The second-order valence-electron chi connectivity index (χ2n) is 9.80. The van der Waals surface area contributed by atoms with E-state index in [-0.39, 0.29) is 23.2 Å². The summed E-state index contributed by atoms with van der Waals surface area (Å²) in [5.41, 5.74) is 3.29. The molecule has 1 N–H and O–H groups in total. The number of carbonyl (C=O) groups is 1. The van der Waals surface area contributed by atoms with Gasteiger partial charge in [-0.2, -0.15) is 15.0 Å². The molecule has 0 radical (unpaired) electrons. The van der Waals surface area contributed by atoms with Crippen molar-refractivity contribution in [2.75, 3.05) is 35.0 Å². The predicted octanol–water partition coefficient (Wildman–Crippen LogP) is 6.32. The Labute approximate surface area is 250 Å². The summed E-state index contributed by atoms with van der Waals surface area (Å²) in [7, 11) is 3.63. The van der Waals surface area contributed by atoms with Crippen molar-refractivity contribution in [2.24, 2.45) is 0 Å². The molecule has 0 saturated carbocycles. The summed E-state index contributed by atoms with van der Waals surface area (Å²) in [6, 6.07) is 21.7. The number of amides is 1. The molecule has 0 spiro atoms. The van der Waals surface area contributed by atoms with Gasteiger partial charge in [-0.05, 0) is 66.6 Å². The molecule has 1 amide bonds. The number of hydrogen-bond acceptors (Lipinski definition) is 10. The summed E-state index contributed by atoms with van der Waals surface area (Å²) in [6.07, 6.45) is 0. The molecule has 1 aliphatic heterocycles. The van der Waals surface area contributed by atoms with E-state index in [1.807, 2.05) is 75.6 Å². The molecule has 1 fully saturated rings. The molecule has 212 valence electrons. The number of thioether (sulfide) groups is 1. The zero-order valence-corrected chi connectivity index (χ0v) is 24.4. The Kier molecular flexibility index (Phi) is 7.44. The van der Waals surface area contributed by atoms with E-state index in [9.17, 15) is 9.59 Å².